The van der Waals surface area contributed by atoms with E-state index in [-0.39, 0.29) is 24.0 Å². The van der Waals surface area contributed by atoms with Gasteiger partial charge in [0.1, 0.15) is 0 Å². The first-order chi connectivity index (χ1) is 10.4. The van der Waals surface area contributed by atoms with E-state index in [9.17, 15) is 8.42 Å². The van der Waals surface area contributed by atoms with Crippen molar-refractivity contribution >= 4 is 51.7 Å². The Morgan fingerprint density at radius 1 is 1.35 bits per heavy atom. The van der Waals surface area contributed by atoms with Crippen LogP contribution in [0.1, 0.15) is 19.8 Å². The summed E-state index contributed by atoms with van der Waals surface area (Å²) in [6.45, 7) is 6.36. The van der Waals surface area contributed by atoms with Crippen LogP contribution in [0.15, 0.2) is 4.99 Å². The summed E-state index contributed by atoms with van der Waals surface area (Å²) in [5.74, 6) is 2.47. The van der Waals surface area contributed by atoms with Crippen LogP contribution in [-0.4, -0.2) is 80.6 Å². The van der Waals surface area contributed by atoms with Gasteiger partial charge in [0.25, 0.3) is 0 Å². The van der Waals surface area contributed by atoms with Gasteiger partial charge in [-0.1, -0.05) is 6.92 Å². The van der Waals surface area contributed by atoms with Crippen molar-refractivity contribution < 1.29 is 8.42 Å². The highest BCUT2D eigenvalue weighted by atomic mass is 127. The molecule has 0 radical (unpaired) electrons. The van der Waals surface area contributed by atoms with Gasteiger partial charge in [0.2, 0.25) is 10.0 Å². The molecular weight excluding hydrogens is 447 g/mol. The standard InChI is InChI=1S/C14H28N4O2S2.HI/c1-4-13-11-17(7-8-21-13)14(15-2)16-9-12-5-6-18(10-12)22(3,19)20;/h12-13H,4-11H2,1-3H3,(H,15,16);1H. The van der Waals surface area contributed by atoms with Gasteiger partial charge in [-0.15, -0.1) is 24.0 Å². The van der Waals surface area contributed by atoms with Crippen molar-refractivity contribution in [1.82, 2.24) is 14.5 Å². The minimum absolute atomic E-state index is 0. The molecule has 0 amide bonds. The minimum atomic E-state index is -3.05. The van der Waals surface area contributed by atoms with E-state index in [4.69, 9.17) is 0 Å². The Labute approximate surface area is 161 Å². The van der Waals surface area contributed by atoms with Gasteiger partial charge in [0, 0.05) is 50.8 Å². The van der Waals surface area contributed by atoms with Gasteiger partial charge in [-0.05, 0) is 18.8 Å². The molecule has 2 heterocycles. The van der Waals surface area contributed by atoms with E-state index in [1.807, 2.05) is 18.8 Å². The SMILES string of the molecule is CCC1CN(C(=NC)NCC2CCN(S(C)(=O)=O)C2)CCS1.I. The van der Waals surface area contributed by atoms with E-state index in [1.165, 1.54) is 12.7 Å². The fourth-order valence-corrected chi connectivity index (χ4v) is 5.09. The van der Waals surface area contributed by atoms with E-state index in [0.717, 1.165) is 37.8 Å². The molecule has 0 aromatic rings. The van der Waals surface area contributed by atoms with Crippen molar-refractivity contribution in [2.45, 2.75) is 25.0 Å². The van der Waals surface area contributed by atoms with Crippen LogP contribution in [0.4, 0.5) is 0 Å². The van der Waals surface area contributed by atoms with Crippen molar-refractivity contribution in [1.29, 1.82) is 0 Å². The molecule has 2 unspecified atom stereocenters. The molecule has 0 aromatic heterocycles. The maximum atomic E-state index is 11.6. The van der Waals surface area contributed by atoms with Crippen molar-refractivity contribution in [2.75, 3.05) is 51.8 Å². The first-order valence-corrected chi connectivity index (χ1v) is 10.9. The lowest BCUT2D eigenvalue weighted by atomic mass is 10.1. The molecule has 6 nitrogen and oxygen atoms in total. The molecule has 136 valence electrons. The number of halogens is 1. The molecule has 2 fully saturated rings. The van der Waals surface area contributed by atoms with Crippen LogP contribution < -0.4 is 5.32 Å². The Hall–Kier alpha value is 0.260. The Morgan fingerprint density at radius 3 is 2.65 bits per heavy atom. The van der Waals surface area contributed by atoms with E-state index in [2.05, 4.69) is 22.1 Å². The number of rotatable bonds is 4. The number of nitrogens with zero attached hydrogens (tertiary/aromatic N) is 3. The van der Waals surface area contributed by atoms with Crippen molar-refractivity contribution in [3.05, 3.63) is 0 Å². The molecule has 2 atom stereocenters. The van der Waals surface area contributed by atoms with Gasteiger partial charge >= 0.3 is 0 Å². The van der Waals surface area contributed by atoms with Crippen LogP contribution in [0.2, 0.25) is 0 Å². The molecule has 2 saturated heterocycles. The molecule has 1 N–H and O–H groups in total. The van der Waals surface area contributed by atoms with E-state index in [1.54, 1.807) is 4.31 Å². The molecule has 0 spiro atoms. The topological polar surface area (TPSA) is 65.0 Å². The lowest BCUT2D eigenvalue weighted by Gasteiger charge is -2.34. The molecule has 2 aliphatic rings. The second-order valence-electron chi connectivity index (χ2n) is 6.05. The predicted octanol–water partition coefficient (Wildman–Crippen LogP) is 1.29. The third-order valence-electron chi connectivity index (χ3n) is 4.37. The van der Waals surface area contributed by atoms with Crippen LogP contribution in [0.5, 0.6) is 0 Å². The molecule has 23 heavy (non-hydrogen) atoms. The largest absolute Gasteiger partial charge is 0.356 e. The van der Waals surface area contributed by atoms with Gasteiger partial charge in [-0.25, -0.2) is 12.7 Å². The fourth-order valence-electron chi connectivity index (χ4n) is 2.99. The molecule has 0 aromatic carbocycles. The molecule has 0 aliphatic carbocycles. The summed E-state index contributed by atoms with van der Waals surface area (Å²) in [6.07, 6.45) is 3.40. The zero-order chi connectivity index (χ0) is 16.2. The maximum Gasteiger partial charge on any atom is 0.211 e. The first kappa shape index (κ1) is 21.3. The number of nitrogens with one attached hydrogen (secondary N) is 1. The van der Waals surface area contributed by atoms with Gasteiger partial charge in [0.15, 0.2) is 5.96 Å². The zero-order valence-corrected chi connectivity index (χ0v) is 18.2. The average molecular weight is 476 g/mol. The zero-order valence-electron chi connectivity index (χ0n) is 14.2. The van der Waals surface area contributed by atoms with Crippen LogP contribution in [0, 0.1) is 5.92 Å². The Bertz CT molecular complexity index is 501. The lowest BCUT2D eigenvalue weighted by molar-refractivity contribution is 0.400. The Balaban J connectivity index is 0.00000264. The number of thioether (sulfide) groups is 1. The minimum Gasteiger partial charge on any atom is -0.356 e. The van der Waals surface area contributed by atoms with Crippen molar-refractivity contribution in [2.24, 2.45) is 10.9 Å². The molecule has 9 heteroatoms. The second kappa shape index (κ2) is 9.67. The molecule has 0 saturated carbocycles. The molecule has 2 aliphatic heterocycles. The number of guanidine groups is 1. The molecule has 2 rings (SSSR count). The summed E-state index contributed by atoms with van der Waals surface area (Å²) in [7, 11) is -1.23. The van der Waals surface area contributed by atoms with Crippen molar-refractivity contribution in [3.8, 4) is 0 Å². The van der Waals surface area contributed by atoms with E-state index < -0.39 is 10.0 Å². The van der Waals surface area contributed by atoms with E-state index >= 15 is 0 Å². The summed E-state index contributed by atoms with van der Waals surface area (Å²) < 4.78 is 24.7. The highest BCUT2D eigenvalue weighted by molar-refractivity contribution is 14.0. The summed E-state index contributed by atoms with van der Waals surface area (Å²) in [6, 6.07) is 0. The van der Waals surface area contributed by atoms with Crippen molar-refractivity contribution in [3.63, 3.8) is 0 Å². The van der Waals surface area contributed by atoms with Gasteiger partial charge in [-0.2, -0.15) is 11.8 Å². The molecular formula is C14H29IN4O2S2. The predicted molar refractivity (Wildman–Crippen MR) is 109 cm³/mol. The highest BCUT2D eigenvalue weighted by Crippen LogP contribution is 2.21. The monoisotopic (exact) mass is 476 g/mol. The number of hydrogen-bond acceptors (Lipinski definition) is 4. The first-order valence-electron chi connectivity index (χ1n) is 7.96. The Kier molecular flexibility index (Phi) is 8.95. The Morgan fingerprint density at radius 2 is 2.09 bits per heavy atom. The third-order valence-corrected chi connectivity index (χ3v) is 7.01. The normalized spacial score (nSPS) is 26.9. The van der Waals surface area contributed by atoms with Crippen LogP contribution in [0.25, 0.3) is 0 Å². The summed E-state index contributed by atoms with van der Waals surface area (Å²) >= 11 is 2.04. The summed E-state index contributed by atoms with van der Waals surface area (Å²) in [4.78, 5) is 6.73. The third kappa shape index (κ3) is 6.24. The number of hydrogen-bond donors (Lipinski definition) is 1. The van der Waals surface area contributed by atoms with Crippen LogP contribution in [-0.2, 0) is 10.0 Å². The summed E-state index contributed by atoms with van der Waals surface area (Å²) in [5, 5.41) is 4.12. The maximum absolute atomic E-state index is 11.6. The van der Waals surface area contributed by atoms with Gasteiger partial charge < -0.3 is 10.2 Å². The highest BCUT2D eigenvalue weighted by Gasteiger charge is 2.29. The van der Waals surface area contributed by atoms with E-state index in [0.29, 0.717) is 24.3 Å². The van der Waals surface area contributed by atoms with Gasteiger partial charge in [0.05, 0.1) is 6.26 Å². The summed E-state index contributed by atoms with van der Waals surface area (Å²) in [5.41, 5.74) is 0. The molecule has 0 bridgehead atoms. The number of sulfonamides is 1. The lowest BCUT2D eigenvalue weighted by Crippen LogP contribution is -2.49. The van der Waals surface area contributed by atoms with Crippen LogP contribution in [0.3, 0.4) is 0 Å². The average Bonchev–Trinajstić information content (AvgIpc) is 2.97. The quantitative estimate of drug-likeness (QED) is 0.377. The smallest absolute Gasteiger partial charge is 0.211 e. The second-order valence-corrected chi connectivity index (χ2v) is 9.44. The van der Waals surface area contributed by atoms with Crippen LogP contribution >= 0.6 is 35.7 Å². The number of aliphatic imine (C=N–C) groups is 1. The fraction of sp³-hybridized carbons (Fsp3) is 0.929. The van der Waals surface area contributed by atoms with Gasteiger partial charge in [-0.3, -0.25) is 4.99 Å².